The second-order valence-corrected chi connectivity index (χ2v) is 4.02. The van der Waals surface area contributed by atoms with E-state index in [2.05, 4.69) is 13.0 Å². The van der Waals surface area contributed by atoms with Gasteiger partial charge in [0.1, 0.15) is 6.61 Å². The minimum atomic E-state index is -0.306. The summed E-state index contributed by atoms with van der Waals surface area (Å²) in [5.74, 6) is -0.306. The molecule has 0 aliphatic rings. The molecule has 2 nitrogen and oxygen atoms in total. The van der Waals surface area contributed by atoms with Gasteiger partial charge in [-0.05, 0) is 12.0 Å². The summed E-state index contributed by atoms with van der Waals surface area (Å²) >= 11 is 0. The van der Waals surface area contributed by atoms with Gasteiger partial charge in [0.2, 0.25) is 0 Å². The lowest BCUT2D eigenvalue weighted by Gasteiger charge is -2.00. The molecule has 0 aliphatic carbocycles. The Labute approximate surface area is 109 Å². The van der Waals surface area contributed by atoms with Crippen molar-refractivity contribution < 1.29 is 9.53 Å². The molecule has 96 valence electrons. The van der Waals surface area contributed by atoms with E-state index in [9.17, 15) is 4.79 Å². The van der Waals surface area contributed by atoms with E-state index < -0.39 is 0 Å². The maximum Gasteiger partial charge on any atom is 0.331 e. The summed E-state index contributed by atoms with van der Waals surface area (Å²) in [4.78, 5) is 11.4. The van der Waals surface area contributed by atoms with Crippen molar-refractivity contribution in [2.45, 2.75) is 32.8 Å². The quantitative estimate of drug-likeness (QED) is 0.313. The van der Waals surface area contributed by atoms with Crippen LogP contribution in [0.4, 0.5) is 0 Å². The first-order valence-corrected chi connectivity index (χ1v) is 6.37. The van der Waals surface area contributed by atoms with Crippen molar-refractivity contribution in [2.75, 3.05) is 0 Å². The average Bonchev–Trinajstić information content (AvgIpc) is 2.41. The predicted octanol–water partition coefficient (Wildman–Crippen LogP) is 4.03. The molecule has 0 radical (unpaired) electrons. The molecule has 2 heteroatoms. The Kier molecular flexibility index (Phi) is 7.29. The van der Waals surface area contributed by atoms with Gasteiger partial charge in [0.05, 0.1) is 0 Å². The first-order chi connectivity index (χ1) is 8.83. The summed E-state index contributed by atoms with van der Waals surface area (Å²) in [5.41, 5.74) is 0.998. The second-order valence-electron chi connectivity index (χ2n) is 4.02. The highest BCUT2D eigenvalue weighted by Crippen LogP contribution is 2.01. The van der Waals surface area contributed by atoms with E-state index in [0.29, 0.717) is 6.61 Å². The maximum absolute atomic E-state index is 11.4. The Bertz CT molecular complexity index is 391. The Morgan fingerprint density at radius 1 is 1.22 bits per heavy atom. The van der Waals surface area contributed by atoms with Crippen LogP contribution in [0.25, 0.3) is 0 Å². The summed E-state index contributed by atoms with van der Waals surface area (Å²) in [6.45, 7) is 2.48. The first kappa shape index (κ1) is 14.2. The van der Waals surface area contributed by atoms with Crippen molar-refractivity contribution in [3.63, 3.8) is 0 Å². The van der Waals surface area contributed by atoms with Gasteiger partial charge in [0.15, 0.2) is 0 Å². The molecular weight excluding hydrogens is 224 g/mol. The summed E-state index contributed by atoms with van der Waals surface area (Å²) in [5, 5.41) is 0. The topological polar surface area (TPSA) is 26.3 Å². The summed E-state index contributed by atoms with van der Waals surface area (Å²) < 4.78 is 5.10. The molecular formula is C16H20O2. The first-order valence-electron chi connectivity index (χ1n) is 6.37. The zero-order chi connectivity index (χ0) is 13.1. The van der Waals surface area contributed by atoms with E-state index in [-0.39, 0.29) is 5.97 Å². The van der Waals surface area contributed by atoms with Crippen molar-refractivity contribution >= 4 is 5.97 Å². The third kappa shape index (κ3) is 6.69. The van der Waals surface area contributed by atoms with Gasteiger partial charge in [-0.2, -0.15) is 0 Å². The molecule has 0 heterocycles. The molecule has 1 rings (SSSR count). The Morgan fingerprint density at radius 2 is 2.00 bits per heavy atom. The van der Waals surface area contributed by atoms with Crippen LogP contribution in [0.15, 0.2) is 54.6 Å². The van der Waals surface area contributed by atoms with E-state index in [4.69, 9.17) is 4.74 Å². The number of allylic oxidation sites excluding steroid dienone is 3. The smallest absolute Gasteiger partial charge is 0.331 e. The SMILES string of the molecule is CCCC/C=C/C=C/C(=O)OCc1ccccc1. The largest absolute Gasteiger partial charge is 0.458 e. The number of unbranched alkanes of at least 4 members (excludes halogenated alkanes) is 2. The molecule has 0 bridgehead atoms. The molecule has 0 fully saturated rings. The summed E-state index contributed by atoms with van der Waals surface area (Å²) in [7, 11) is 0. The average molecular weight is 244 g/mol. The third-order valence-corrected chi connectivity index (χ3v) is 2.43. The molecule has 1 aromatic carbocycles. The lowest BCUT2D eigenvalue weighted by Crippen LogP contribution is -2.00. The van der Waals surface area contributed by atoms with Crippen LogP contribution in [-0.4, -0.2) is 5.97 Å². The van der Waals surface area contributed by atoms with E-state index in [1.165, 1.54) is 18.9 Å². The standard InChI is InChI=1S/C16H20O2/c1-2-3-4-5-6-10-13-16(17)18-14-15-11-8-7-9-12-15/h5-13H,2-4,14H2,1H3/b6-5+,13-10+. The normalized spacial score (nSPS) is 11.2. The van der Waals surface area contributed by atoms with Crippen LogP contribution in [0, 0.1) is 0 Å². The zero-order valence-corrected chi connectivity index (χ0v) is 10.8. The minimum absolute atomic E-state index is 0.306. The van der Waals surface area contributed by atoms with E-state index in [1.54, 1.807) is 6.08 Å². The highest BCUT2D eigenvalue weighted by atomic mass is 16.5. The van der Waals surface area contributed by atoms with E-state index in [0.717, 1.165) is 12.0 Å². The van der Waals surface area contributed by atoms with Gasteiger partial charge < -0.3 is 4.74 Å². The second kappa shape index (κ2) is 9.23. The number of rotatable bonds is 7. The predicted molar refractivity (Wildman–Crippen MR) is 74.0 cm³/mol. The number of hydrogen-bond acceptors (Lipinski definition) is 2. The van der Waals surface area contributed by atoms with Gasteiger partial charge in [-0.1, -0.05) is 68.3 Å². The Morgan fingerprint density at radius 3 is 2.72 bits per heavy atom. The van der Waals surface area contributed by atoms with Gasteiger partial charge in [0.25, 0.3) is 0 Å². The zero-order valence-electron chi connectivity index (χ0n) is 10.8. The van der Waals surface area contributed by atoms with Crippen LogP contribution in [0.3, 0.4) is 0 Å². The molecule has 0 saturated carbocycles. The van der Waals surface area contributed by atoms with Crippen molar-refractivity contribution in [1.29, 1.82) is 0 Å². The molecule has 18 heavy (non-hydrogen) atoms. The number of ether oxygens (including phenoxy) is 1. The fourth-order valence-corrected chi connectivity index (χ4v) is 1.41. The van der Waals surface area contributed by atoms with Crippen LogP contribution < -0.4 is 0 Å². The summed E-state index contributed by atoms with van der Waals surface area (Å²) in [6, 6.07) is 9.65. The molecule has 1 aromatic rings. The fourth-order valence-electron chi connectivity index (χ4n) is 1.41. The Balaban J connectivity index is 2.21. The number of carbonyl (C=O) groups excluding carboxylic acids is 1. The van der Waals surface area contributed by atoms with Crippen LogP contribution in [0.5, 0.6) is 0 Å². The van der Waals surface area contributed by atoms with Gasteiger partial charge in [-0.25, -0.2) is 4.79 Å². The monoisotopic (exact) mass is 244 g/mol. The van der Waals surface area contributed by atoms with Gasteiger partial charge >= 0.3 is 5.97 Å². The van der Waals surface area contributed by atoms with Crippen LogP contribution in [-0.2, 0) is 16.1 Å². The van der Waals surface area contributed by atoms with E-state index in [1.807, 2.05) is 36.4 Å². The lowest BCUT2D eigenvalue weighted by atomic mass is 10.2. The molecule has 0 saturated heterocycles. The molecule has 0 spiro atoms. The van der Waals surface area contributed by atoms with Crippen molar-refractivity contribution in [1.82, 2.24) is 0 Å². The number of benzene rings is 1. The van der Waals surface area contributed by atoms with Crippen molar-refractivity contribution in [3.05, 3.63) is 60.2 Å². The highest BCUT2D eigenvalue weighted by Gasteiger charge is 1.96. The van der Waals surface area contributed by atoms with Crippen molar-refractivity contribution in [2.24, 2.45) is 0 Å². The fraction of sp³-hybridized carbons (Fsp3) is 0.312. The minimum Gasteiger partial charge on any atom is -0.458 e. The highest BCUT2D eigenvalue weighted by molar-refractivity contribution is 5.82. The molecule has 0 N–H and O–H groups in total. The third-order valence-electron chi connectivity index (χ3n) is 2.43. The van der Waals surface area contributed by atoms with Gasteiger partial charge in [-0.3, -0.25) is 0 Å². The molecule has 0 aromatic heterocycles. The molecule has 0 amide bonds. The lowest BCUT2D eigenvalue weighted by molar-refractivity contribution is -0.139. The van der Waals surface area contributed by atoms with Crippen LogP contribution in [0.1, 0.15) is 31.7 Å². The maximum atomic E-state index is 11.4. The Hall–Kier alpha value is -1.83. The van der Waals surface area contributed by atoms with E-state index >= 15 is 0 Å². The number of carbonyl (C=O) groups is 1. The van der Waals surface area contributed by atoms with Crippen LogP contribution >= 0.6 is 0 Å². The van der Waals surface area contributed by atoms with Crippen molar-refractivity contribution in [3.8, 4) is 0 Å². The molecule has 0 atom stereocenters. The molecule has 0 aliphatic heterocycles. The van der Waals surface area contributed by atoms with Gasteiger partial charge in [0, 0.05) is 6.08 Å². The molecule has 0 unspecified atom stereocenters. The van der Waals surface area contributed by atoms with Crippen LogP contribution in [0.2, 0.25) is 0 Å². The van der Waals surface area contributed by atoms with Gasteiger partial charge in [-0.15, -0.1) is 0 Å². The number of esters is 1. The summed E-state index contributed by atoms with van der Waals surface area (Å²) in [6.07, 6.45) is 10.5. The number of hydrogen-bond donors (Lipinski definition) is 0.